The molecular weight excluding hydrogens is 416 g/mol. The molecule has 2 aromatic rings. The molecule has 28 heavy (non-hydrogen) atoms. The molecule has 1 amide bonds. The van der Waals surface area contributed by atoms with Crippen molar-refractivity contribution in [2.24, 2.45) is 11.8 Å². The fourth-order valence-electron chi connectivity index (χ4n) is 3.05. The lowest BCUT2D eigenvalue weighted by Crippen LogP contribution is -2.30. The molecule has 0 atom stereocenters. The van der Waals surface area contributed by atoms with Crippen molar-refractivity contribution < 1.29 is 13.2 Å². The molecule has 1 aliphatic heterocycles. The Kier molecular flexibility index (Phi) is 5.36. The highest BCUT2D eigenvalue weighted by molar-refractivity contribution is 8.01. The van der Waals surface area contributed by atoms with Crippen LogP contribution in [0.25, 0.3) is 0 Å². The van der Waals surface area contributed by atoms with Gasteiger partial charge in [-0.05, 0) is 48.9 Å². The van der Waals surface area contributed by atoms with Crippen molar-refractivity contribution in [1.82, 2.24) is 10.2 Å². The third kappa shape index (κ3) is 4.18. The van der Waals surface area contributed by atoms with Crippen LogP contribution in [0.1, 0.15) is 32.3 Å². The number of hydrogen-bond donors (Lipinski definition) is 1. The summed E-state index contributed by atoms with van der Waals surface area (Å²) in [5.41, 5.74) is 1.72. The molecule has 1 fully saturated rings. The highest BCUT2D eigenvalue weighted by atomic mass is 32.2. The minimum absolute atomic E-state index is 0.149. The Hall–Kier alpha value is -1.65. The number of carbonyl (C=O) groups is 1. The normalized spacial score (nSPS) is 16.5. The summed E-state index contributed by atoms with van der Waals surface area (Å²) < 4.78 is 28.8. The molecule has 4 rings (SSSR count). The fourth-order valence-corrected chi connectivity index (χ4v) is 6.05. The van der Waals surface area contributed by atoms with Gasteiger partial charge in [-0.15, -0.1) is 10.2 Å². The Morgan fingerprint density at radius 3 is 2.86 bits per heavy atom. The van der Waals surface area contributed by atoms with Crippen LogP contribution in [0.2, 0.25) is 0 Å². The molecule has 0 bridgehead atoms. The van der Waals surface area contributed by atoms with E-state index >= 15 is 0 Å². The van der Waals surface area contributed by atoms with Crippen LogP contribution >= 0.6 is 23.1 Å². The van der Waals surface area contributed by atoms with E-state index in [1.807, 2.05) is 0 Å². The van der Waals surface area contributed by atoms with E-state index in [1.54, 1.807) is 34.9 Å². The maximum absolute atomic E-state index is 12.8. The van der Waals surface area contributed by atoms with Crippen molar-refractivity contribution in [2.45, 2.75) is 42.3 Å². The second kappa shape index (κ2) is 7.64. The van der Waals surface area contributed by atoms with E-state index in [-0.39, 0.29) is 21.9 Å². The van der Waals surface area contributed by atoms with Gasteiger partial charge in [0.2, 0.25) is 11.0 Å². The van der Waals surface area contributed by atoms with Crippen LogP contribution in [0, 0.1) is 11.8 Å². The number of nitrogens with zero attached hydrogens (tertiary/aromatic N) is 3. The van der Waals surface area contributed by atoms with Crippen molar-refractivity contribution in [3.8, 4) is 0 Å². The average molecular weight is 439 g/mol. The number of anilines is 2. The zero-order valence-electron chi connectivity index (χ0n) is 15.7. The van der Waals surface area contributed by atoms with E-state index in [4.69, 9.17) is 0 Å². The summed E-state index contributed by atoms with van der Waals surface area (Å²) >= 11 is 2.80. The van der Waals surface area contributed by atoms with Crippen LogP contribution < -0.4 is 9.62 Å². The van der Waals surface area contributed by atoms with Crippen molar-refractivity contribution in [1.29, 1.82) is 0 Å². The first-order valence-electron chi connectivity index (χ1n) is 9.27. The fraction of sp³-hybridized carbons (Fsp3) is 0.500. The summed E-state index contributed by atoms with van der Waals surface area (Å²) in [6, 6.07) is 4.95. The highest BCUT2D eigenvalue weighted by Gasteiger charge is 2.36. The third-order valence-corrected chi connectivity index (χ3v) is 8.48. The average Bonchev–Trinajstić information content (AvgIpc) is 3.27. The summed E-state index contributed by atoms with van der Waals surface area (Å²) in [5.74, 6) is 1.73. The zero-order valence-corrected chi connectivity index (χ0v) is 18.2. The van der Waals surface area contributed by atoms with E-state index in [0.717, 1.165) is 34.2 Å². The molecule has 0 unspecified atom stereocenters. The van der Waals surface area contributed by atoms with Gasteiger partial charge in [0.05, 0.1) is 4.90 Å². The molecule has 1 aromatic heterocycles. The SMILES string of the molecule is CC(C)CSc1nnc(NS(=O)(=O)c2ccc3c(c2)CCN3C(=O)C2CC2)s1. The minimum atomic E-state index is -3.75. The van der Waals surface area contributed by atoms with E-state index in [0.29, 0.717) is 18.9 Å². The first-order valence-corrected chi connectivity index (χ1v) is 12.6. The van der Waals surface area contributed by atoms with Gasteiger partial charge in [-0.2, -0.15) is 0 Å². The van der Waals surface area contributed by atoms with Crippen LogP contribution in [0.15, 0.2) is 27.4 Å². The highest BCUT2D eigenvalue weighted by Crippen LogP contribution is 2.37. The monoisotopic (exact) mass is 438 g/mol. The standard InChI is InChI=1S/C18H22N4O3S3/c1-11(2)10-26-18-20-19-17(27-18)21-28(24,25)14-5-6-15-13(9-14)7-8-22(15)16(23)12-3-4-12/h5-6,9,11-12H,3-4,7-8,10H2,1-2H3,(H,19,21). The summed E-state index contributed by atoms with van der Waals surface area (Å²) in [5, 5.41) is 8.24. The molecule has 2 aliphatic rings. The molecule has 0 saturated heterocycles. The topological polar surface area (TPSA) is 92.3 Å². The molecule has 2 heterocycles. The van der Waals surface area contributed by atoms with Crippen LogP contribution in [-0.2, 0) is 21.2 Å². The van der Waals surface area contributed by atoms with Crippen LogP contribution in [0.5, 0.6) is 0 Å². The lowest BCUT2D eigenvalue weighted by Gasteiger charge is -2.17. The number of hydrogen-bond acceptors (Lipinski definition) is 7. The van der Waals surface area contributed by atoms with Gasteiger partial charge >= 0.3 is 0 Å². The lowest BCUT2D eigenvalue weighted by atomic mass is 10.2. The Labute approximate surface area is 173 Å². The molecule has 0 radical (unpaired) electrons. The number of thioether (sulfide) groups is 1. The van der Waals surface area contributed by atoms with Gasteiger partial charge in [0.25, 0.3) is 10.0 Å². The van der Waals surface area contributed by atoms with Gasteiger partial charge in [-0.25, -0.2) is 8.42 Å². The number of amides is 1. The molecule has 1 N–H and O–H groups in total. The maximum Gasteiger partial charge on any atom is 0.263 e. The van der Waals surface area contributed by atoms with E-state index in [2.05, 4.69) is 28.8 Å². The number of aromatic nitrogens is 2. The molecule has 0 spiro atoms. The Morgan fingerprint density at radius 2 is 2.14 bits per heavy atom. The number of nitrogens with one attached hydrogen (secondary N) is 1. The molecule has 10 heteroatoms. The number of sulfonamides is 1. The summed E-state index contributed by atoms with van der Waals surface area (Å²) in [6.45, 7) is 4.85. The zero-order chi connectivity index (χ0) is 19.9. The van der Waals surface area contributed by atoms with E-state index < -0.39 is 10.0 Å². The quantitative estimate of drug-likeness (QED) is 0.666. The lowest BCUT2D eigenvalue weighted by molar-refractivity contribution is -0.119. The third-order valence-electron chi connectivity index (χ3n) is 4.62. The van der Waals surface area contributed by atoms with Gasteiger partial charge in [-0.1, -0.05) is 36.9 Å². The van der Waals surface area contributed by atoms with Crippen LogP contribution in [0.3, 0.4) is 0 Å². The van der Waals surface area contributed by atoms with Gasteiger partial charge < -0.3 is 4.90 Å². The number of rotatable bonds is 7. The van der Waals surface area contributed by atoms with Crippen molar-refractivity contribution in [3.05, 3.63) is 23.8 Å². The second-order valence-corrected chi connectivity index (χ2v) is 11.4. The van der Waals surface area contributed by atoms with Gasteiger partial charge in [0.15, 0.2) is 4.34 Å². The molecule has 150 valence electrons. The van der Waals surface area contributed by atoms with E-state index in [9.17, 15) is 13.2 Å². The summed E-state index contributed by atoms with van der Waals surface area (Å²) in [6.07, 6.45) is 2.59. The predicted octanol–water partition coefficient (Wildman–Crippen LogP) is 3.39. The largest absolute Gasteiger partial charge is 0.312 e. The Balaban J connectivity index is 1.48. The molecular formula is C18H22N4O3S3. The second-order valence-electron chi connectivity index (χ2n) is 7.49. The predicted molar refractivity (Wildman–Crippen MR) is 112 cm³/mol. The first kappa shape index (κ1) is 19.7. The minimum Gasteiger partial charge on any atom is -0.312 e. The van der Waals surface area contributed by atoms with E-state index in [1.165, 1.54) is 11.3 Å². The molecule has 1 aromatic carbocycles. The van der Waals surface area contributed by atoms with Crippen molar-refractivity contribution in [2.75, 3.05) is 21.9 Å². The first-order chi connectivity index (χ1) is 13.3. The van der Waals surface area contributed by atoms with Crippen LogP contribution in [-0.4, -0.2) is 36.8 Å². The molecule has 1 saturated carbocycles. The Bertz CT molecular complexity index is 999. The maximum atomic E-state index is 12.8. The van der Waals surface area contributed by atoms with Gasteiger partial charge in [0.1, 0.15) is 0 Å². The van der Waals surface area contributed by atoms with Crippen molar-refractivity contribution in [3.63, 3.8) is 0 Å². The number of carbonyl (C=O) groups excluding carboxylic acids is 1. The summed E-state index contributed by atoms with van der Waals surface area (Å²) in [4.78, 5) is 14.3. The summed E-state index contributed by atoms with van der Waals surface area (Å²) in [7, 11) is -3.75. The van der Waals surface area contributed by atoms with Gasteiger partial charge in [0, 0.05) is 23.9 Å². The number of fused-ring (bicyclic) bond motifs is 1. The smallest absolute Gasteiger partial charge is 0.263 e. The van der Waals surface area contributed by atoms with Crippen LogP contribution in [0.4, 0.5) is 10.8 Å². The van der Waals surface area contributed by atoms with Crippen molar-refractivity contribution >= 4 is 49.8 Å². The molecule has 1 aliphatic carbocycles. The molecule has 7 nitrogen and oxygen atoms in total. The Morgan fingerprint density at radius 1 is 1.36 bits per heavy atom. The van der Waals surface area contributed by atoms with Gasteiger partial charge in [-0.3, -0.25) is 9.52 Å². The number of benzene rings is 1.